The fourth-order valence-electron chi connectivity index (χ4n) is 3.43. The van der Waals surface area contributed by atoms with Gasteiger partial charge < -0.3 is 4.42 Å². The number of carbonyl (C=O) groups excluding carboxylic acids is 1. The van der Waals surface area contributed by atoms with Gasteiger partial charge in [-0.25, -0.2) is 10.4 Å². The molecule has 0 aliphatic heterocycles. The Balaban J connectivity index is 1.32. The summed E-state index contributed by atoms with van der Waals surface area (Å²) in [6, 6.07) is 26.0. The molecule has 0 radical (unpaired) electrons. The molecule has 30 heavy (non-hydrogen) atoms. The van der Waals surface area contributed by atoms with Crippen LogP contribution >= 0.6 is 11.8 Å². The zero-order valence-corrected chi connectivity index (χ0v) is 16.7. The number of benzene rings is 4. The van der Waals surface area contributed by atoms with E-state index in [9.17, 15) is 4.79 Å². The van der Waals surface area contributed by atoms with Crippen LogP contribution in [0.15, 0.2) is 93.6 Å². The summed E-state index contributed by atoms with van der Waals surface area (Å²) in [6.07, 6.45) is 1.71. The van der Waals surface area contributed by atoms with E-state index in [1.807, 2.05) is 48.5 Å². The minimum absolute atomic E-state index is 0.167. The second-order valence-electron chi connectivity index (χ2n) is 6.76. The smallest absolute Gasteiger partial charge is 0.257 e. The fraction of sp³-hybridized carbons (Fsp3) is 0.0417. The second-order valence-corrected chi connectivity index (χ2v) is 7.69. The first kappa shape index (κ1) is 18.4. The van der Waals surface area contributed by atoms with Crippen molar-refractivity contribution in [3.05, 3.63) is 84.4 Å². The molecular formula is C24H17N3O2S. The molecule has 0 fully saturated rings. The van der Waals surface area contributed by atoms with E-state index in [4.69, 9.17) is 4.42 Å². The van der Waals surface area contributed by atoms with Gasteiger partial charge in [0.05, 0.1) is 12.0 Å². The van der Waals surface area contributed by atoms with E-state index < -0.39 is 0 Å². The van der Waals surface area contributed by atoms with Crippen molar-refractivity contribution in [3.8, 4) is 0 Å². The SMILES string of the molecule is O=C(CSc1nc2ccccc2o1)N/N=C\c1c2ccccc2cc2ccccc12. The average Bonchev–Trinajstić information content (AvgIpc) is 3.20. The predicted octanol–water partition coefficient (Wildman–Crippen LogP) is 5.38. The van der Waals surface area contributed by atoms with Crippen LogP contribution in [-0.4, -0.2) is 22.9 Å². The Hall–Kier alpha value is -3.64. The monoisotopic (exact) mass is 411 g/mol. The molecule has 0 spiro atoms. The van der Waals surface area contributed by atoms with Gasteiger partial charge in [0.1, 0.15) is 5.52 Å². The van der Waals surface area contributed by atoms with Crippen molar-refractivity contribution in [2.24, 2.45) is 5.10 Å². The van der Waals surface area contributed by atoms with Crippen molar-refractivity contribution in [1.82, 2.24) is 10.4 Å². The van der Waals surface area contributed by atoms with Gasteiger partial charge in [-0.05, 0) is 39.7 Å². The Morgan fingerprint density at radius 3 is 2.37 bits per heavy atom. The van der Waals surface area contributed by atoms with Gasteiger partial charge in [0, 0.05) is 5.56 Å². The maximum atomic E-state index is 12.2. The minimum Gasteiger partial charge on any atom is -0.431 e. The number of nitrogens with zero attached hydrogens (tertiary/aromatic N) is 2. The standard InChI is InChI=1S/C24H17N3O2S/c28-23(15-30-24-26-21-11-5-6-12-22(21)29-24)27-25-14-20-18-9-3-1-7-16(18)13-17-8-2-4-10-19(17)20/h1-14H,15H2,(H,27,28)/b25-14-. The summed E-state index contributed by atoms with van der Waals surface area (Å²) in [6.45, 7) is 0. The van der Waals surface area contributed by atoms with Gasteiger partial charge >= 0.3 is 0 Å². The van der Waals surface area contributed by atoms with Crippen molar-refractivity contribution in [3.63, 3.8) is 0 Å². The Morgan fingerprint density at radius 1 is 0.967 bits per heavy atom. The average molecular weight is 411 g/mol. The zero-order valence-electron chi connectivity index (χ0n) is 15.9. The van der Waals surface area contributed by atoms with Crippen LogP contribution in [0.5, 0.6) is 0 Å². The van der Waals surface area contributed by atoms with Crippen LogP contribution in [0.4, 0.5) is 0 Å². The number of amides is 1. The molecule has 0 atom stereocenters. The number of oxazole rings is 1. The molecule has 5 aromatic rings. The number of aromatic nitrogens is 1. The van der Waals surface area contributed by atoms with Crippen LogP contribution in [0.3, 0.4) is 0 Å². The molecule has 146 valence electrons. The van der Waals surface area contributed by atoms with Gasteiger partial charge in [0.2, 0.25) is 0 Å². The van der Waals surface area contributed by atoms with Gasteiger partial charge in [0.25, 0.3) is 11.1 Å². The van der Waals surface area contributed by atoms with E-state index in [2.05, 4.69) is 45.8 Å². The van der Waals surface area contributed by atoms with Crippen LogP contribution in [-0.2, 0) is 4.79 Å². The third kappa shape index (κ3) is 3.65. The molecule has 0 unspecified atom stereocenters. The van der Waals surface area contributed by atoms with Crippen molar-refractivity contribution in [2.75, 3.05) is 5.75 Å². The lowest BCUT2D eigenvalue weighted by Gasteiger charge is -2.07. The highest BCUT2D eigenvalue weighted by molar-refractivity contribution is 7.99. The summed E-state index contributed by atoms with van der Waals surface area (Å²) in [7, 11) is 0. The number of hydrogen-bond donors (Lipinski definition) is 1. The largest absolute Gasteiger partial charge is 0.431 e. The molecule has 5 rings (SSSR count). The molecular weight excluding hydrogens is 394 g/mol. The lowest BCUT2D eigenvalue weighted by molar-refractivity contribution is -0.118. The fourth-order valence-corrected chi connectivity index (χ4v) is 4.06. The Bertz CT molecular complexity index is 1320. The first-order chi connectivity index (χ1) is 14.8. The first-order valence-electron chi connectivity index (χ1n) is 9.49. The Morgan fingerprint density at radius 2 is 1.63 bits per heavy atom. The first-order valence-corrected chi connectivity index (χ1v) is 10.5. The van der Waals surface area contributed by atoms with Gasteiger partial charge in [0.15, 0.2) is 5.58 Å². The lowest BCUT2D eigenvalue weighted by Crippen LogP contribution is -2.19. The number of hydrogen-bond acceptors (Lipinski definition) is 5. The van der Waals surface area contributed by atoms with Crippen molar-refractivity contribution in [2.45, 2.75) is 5.22 Å². The molecule has 0 saturated carbocycles. The Kier molecular flexibility index (Phi) is 4.91. The molecule has 4 aromatic carbocycles. The van der Waals surface area contributed by atoms with E-state index in [1.54, 1.807) is 6.21 Å². The molecule has 1 heterocycles. The number of hydrazone groups is 1. The summed E-state index contributed by atoms with van der Waals surface area (Å²) >= 11 is 1.24. The van der Waals surface area contributed by atoms with Crippen LogP contribution < -0.4 is 5.43 Å². The molecule has 0 saturated heterocycles. The molecule has 0 aliphatic rings. The lowest BCUT2D eigenvalue weighted by atomic mass is 9.97. The van der Waals surface area contributed by atoms with Crippen molar-refractivity contribution < 1.29 is 9.21 Å². The van der Waals surface area contributed by atoms with Gasteiger partial charge in [-0.2, -0.15) is 5.10 Å². The second kappa shape index (κ2) is 8.00. The normalized spacial score (nSPS) is 11.6. The number of fused-ring (bicyclic) bond motifs is 3. The van der Waals surface area contributed by atoms with Crippen LogP contribution in [0.1, 0.15) is 5.56 Å². The van der Waals surface area contributed by atoms with Gasteiger partial charge in [-0.3, -0.25) is 4.79 Å². The maximum Gasteiger partial charge on any atom is 0.257 e. The minimum atomic E-state index is -0.219. The number of carbonyl (C=O) groups is 1. The third-order valence-corrected chi connectivity index (χ3v) is 5.62. The highest BCUT2D eigenvalue weighted by Crippen LogP contribution is 2.27. The van der Waals surface area contributed by atoms with E-state index in [0.717, 1.165) is 32.6 Å². The molecule has 6 heteroatoms. The predicted molar refractivity (Wildman–Crippen MR) is 122 cm³/mol. The molecule has 1 N–H and O–H groups in total. The summed E-state index contributed by atoms with van der Waals surface area (Å²) in [5, 5.41) is 9.13. The number of nitrogens with one attached hydrogen (secondary N) is 1. The number of thioether (sulfide) groups is 1. The van der Waals surface area contributed by atoms with Gasteiger partial charge in [-0.1, -0.05) is 72.4 Å². The van der Waals surface area contributed by atoms with Crippen molar-refractivity contribution >= 4 is 56.5 Å². The summed E-state index contributed by atoms with van der Waals surface area (Å²) < 4.78 is 5.62. The van der Waals surface area contributed by atoms with E-state index >= 15 is 0 Å². The topological polar surface area (TPSA) is 67.5 Å². The quantitative estimate of drug-likeness (QED) is 0.183. The number of rotatable bonds is 5. The Labute approximate surface area is 176 Å². The van der Waals surface area contributed by atoms with Crippen LogP contribution in [0.2, 0.25) is 0 Å². The summed E-state index contributed by atoms with van der Waals surface area (Å²) in [5.41, 5.74) is 5.08. The molecule has 0 aliphatic carbocycles. The summed E-state index contributed by atoms with van der Waals surface area (Å²) in [4.78, 5) is 16.6. The highest BCUT2D eigenvalue weighted by Gasteiger charge is 2.09. The number of para-hydroxylation sites is 2. The van der Waals surface area contributed by atoms with Crippen molar-refractivity contribution in [1.29, 1.82) is 0 Å². The van der Waals surface area contributed by atoms with Crippen LogP contribution in [0, 0.1) is 0 Å². The summed E-state index contributed by atoms with van der Waals surface area (Å²) in [5.74, 6) is -0.0523. The molecule has 0 bridgehead atoms. The zero-order chi connectivity index (χ0) is 20.3. The molecule has 1 aromatic heterocycles. The third-order valence-electron chi connectivity index (χ3n) is 4.80. The van der Waals surface area contributed by atoms with E-state index in [1.165, 1.54) is 11.8 Å². The highest BCUT2D eigenvalue weighted by atomic mass is 32.2. The molecule has 5 nitrogen and oxygen atoms in total. The van der Waals surface area contributed by atoms with E-state index in [0.29, 0.717) is 10.8 Å². The maximum absolute atomic E-state index is 12.2. The molecule has 1 amide bonds. The van der Waals surface area contributed by atoms with Gasteiger partial charge in [-0.15, -0.1) is 0 Å². The van der Waals surface area contributed by atoms with E-state index in [-0.39, 0.29) is 11.7 Å². The van der Waals surface area contributed by atoms with Crippen LogP contribution in [0.25, 0.3) is 32.6 Å².